The Kier molecular flexibility index (Phi) is 4.48. The summed E-state index contributed by atoms with van der Waals surface area (Å²) >= 11 is 0. The fourth-order valence-electron chi connectivity index (χ4n) is 3.20. The van der Waals surface area contributed by atoms with E-state index < -0.39 is 6.29 Å². The second kappa shape index (κ2) is 6.53. The monoisotopic (exact) mass is 302 g/mol. The van der Waals surface area contributed by atoms with Crippen LogP contribution in [0.2, 0.25) is 0 Å². The van der Waals surface area contributed by atoms with Crippen molar-refractivity contribution >= 4 is 11.5 Å². The zero-order chi connectivity index (χ0) is 15.5. The van der Waals surface area contributed by atoms with Crippen LogP contribution in [-0.4, -0.2) is 24.0 Å². The van der Waals surface area contributed by atoms with Crippen LogP contribution in [0, 0.1) is 5.92 Å². The van der Waals surface area contributed by atoms with Gasteiger partial charge in [0.05, 0.1) is 12.2 Å². The molecule has 4 heteroatoms. The zero-order valence-corrected chi connectivity index (χ0v) is 12.9. The standard InChI is InChI=1S/C18H22O4/c1-2-3-4-5-12-10-15-16(13-6-8-14(19)9-7-13)17(20)22-18(15)21-11-12/h6-9,12,18-19H,2-5,10-11H2,1H3/t12?,18-/m0/s1. The van der Waals surface area contributed by atoms with Crippen molar-refractivity contribution in [3.05, 3.63) is 35.4 Å². The van der Waals surface area contributed by atoms with Gasteiger partial charge in [-0.05, 0) is 36.5 Å². The van der Waals surface area contributed by atoms with Crippen molar-refractivity contribution in [2.75, 3.05) is 6.61 Å². The lowest BCUT2D eigenvalue weighted by molar-refractivity contribution is -0.165. The van der Waals surface area contributed by atoms with Crippen molar-refractivity contribution in [3.8, 4) is 5.75 Å². The van der Waals surface area contributed by atoms with Crippen LogP contribution >= 0.6 is 0 Å². The average molecular weight is 302 g/mol. The van der Waals surface area contributed by atoms with Crippen molar-refractivity contribution in [2.45, 2.75) is 45.3 Å². The normalized spacial score (nSPS) is 24.3. The number of unbranched alkanes of at least 4 members (excludes halogenated alkanes) is 2. The lowest BCUT2D eigenvalue weighted by Crippen LogP contribution is -2.27. The minimum atomic E-state index is -0.515. The zero-order valence-electron chi connectivity index (χ0n) is 12.9. The van der Waals surface area contributed by atoms with E-state index in [4.69, 9.17) is 9.47 Å². The number of hydrogen-bond acceptors (Lipinski definition) is 4. The molecule has 0 aromatic heterocycles. The third kappa shape index (κ3) is 3.02. The Morgan fingerprint density at radius 2 is 2.00 bits per heavy atom. The summed E-state index contributed by atoms with van der Waals surface area (Å²) in [6, 6.07) is 6.68. The summed E-state index contributed by atoms with van der Waals surface area (Å²) in [6.45, 7) is 2.86. The first-order valence-corrected chi connectivity index (χ1v) is 8.04. The molecule has 1 saturated heterocycles. The van der Waals surface area contributed by atoms with E-state index in [1.54, 1.807) is 24.3 Å². The van der Waals surface area contributed by atoms with Crippen LogP contribution in [0.15, 0.2) is 29.8 Å². The smallest absolute Gasteiger partial charge is 0.341 e. The van der Waals surface area contributed by atoms with Crippen molar-refractivity contribution in [3.63, 3.8) is 0 Å². The molecule has 1 unspecified atom stereocenters. The number of benzene rings is 1. The fraction of sp³-hybridized carbons (Fsp3) is 0.500. The topological polar surface area (TPSA) is 55.8 Å². The number of fused-ring (bicyclic) bond motifs is 1. The van der Waals surface area contributed by atoms with E-state index in [1.807, 2.05) is 0 Å². The number of aromatic hydroxyl groups is 1. The number of hydrogen-bond donors (Lipinski definition) is 1. The molecule has 1 aromatic carbocycles. The minimum absolute atomic E-state index is 0.189. The van der Waals surface area contributed by atoms with Crippen molar-refractivity contribution in [1.29, 1.82) is 0 Å². The van der Waals surface area contributed by atoms with Crippen LogP contribution in [0.1, 0.15) is 44.6 Å². The number of ether oxygens (including phenoxy) is 2. The van der Waals surface area contributed by atoms with E-state index in [0.29, 0.717) is 18.1 Å². The highest BCUT2D eigenvalue weighted by Gasteiger charge is 2.39. The molecule has 118 valence electrons. The number of esters is 1. The van der Waals surface area contributed by atoms with Gasteiger partial charge in [0.25, 0.3) is 0 Å². The van der Waals surface area contributed by atoms with Gasteiger partial charge < -0.3 is 14.6 Å². The molecule has 0 amide bonds. The van der Waals surface area contributed by atoms with Gasteiger partial charge in [-0.3, -0.25) is 0 Å². The van der Waals surface area contributed by atoms with Gasteiger partial charge in [0.1, 0.15) is 5.75 Å². The van der Waals surface area contributed by atoms with Crippen molar-refractivity contribution in [2.24, 2.45) is 5.92 Å². The maximum absolute atomic E-state index is 12.2. The van der Waals surface area contributed by atoms with Crippen LogP contribution in [0.5, 0.6) is 5.75 Å². The summed E-state index contributed by atoms with van der Waals surface area (Å²) in [5.41, 5.74) is 2.37. The minimum Gasteiger partial charge on any atom is -0.508 e. The molecular weight excluding hydrogens is 280 g/mol. The van der Waals surface area contributed by atoms with Gasteiger partial charge in [0.2, 0.25) is 6.29 Å². The number of phenols is 1. The SMILES string of the molecule is CCCCCC1CO[C@H]2OC(=O)C(c3ccc(O)cc3)=C2C1. The first-order chi connectivity index (χ1) is 10.7. The van der Waals surface area contributed by atoms with Gasteiger partial charge in [-0.2, -0.15) is 0 Å². The van der Waals surface area contributed by atoms with Crippen molar-refractivity contribution in [1.82, 2.24) is 0 Å². The number of carbonyl (C=O) groups is 1. The highest BCUT2D eigenvalue weighted by Crippen LogP contribution is 2.39. The lowest BCUT2D eigenvalue weighted by atomic mass is 9.88. The van der Waals surface area contributed by atoms with Gasteiger partial charge in [-0.1, -0.05) is 38.3 Å². The Morgan fingerprint density at radius 3 is 2.73 bits per heavy atom. The van der Waals surface area contributed by atoms with E-state index in [0.717, 1.165) is 24.0 Å². The maximum atomic E-state index is 12.2. The second-order valence-corrected chi connectivity index (χ2v) is 6.08. The maximum Gasteiger partial charge on any atom is 0.341 e. The van der Waals surface area contributed by atoms with Gasteiger partial charge in [0.15, 0.2) is 0 Å². The Balaban J connectivity index is 1.81. The molecule has 1 fully saturated rings. The summed E-state index contributed by atoms with van der Waals surface area (Å²) < 4.78 is 11.1. The van der Waals surface area contributed by atoms with Crippen LogP contribution in [-0.2, 0) is 14.3 Å². The molecule has 2 aliphatic rings. The highest BCUT2D eigenvalue weighted by molar-refractivity contribution is 6.19. The summed E-state index contributed by atoms with van der Waals surface area (Å²) in [5, 5.41) is 9.40. The molecule has 0 saturated carbocycles. The van der Waals surface area contributed by atoms with Gasteiger partial charge in [0, 0.05) is 5.57 Å². The Labute approximate surface area is 130 Å². The van der Waals surface area contributed by atoms with Crippen LogP contribution < -0.4 is 0 Å². The molecule has 0 bridgehead atoms. The summed E-state index contributed by atoms with van der Waals surface area (Å²) in [6.07, 6.45) is 5.11. The van der Waals surface area contributed by atoms with E-state index in [9.17, 15) is 9.90 Å². The second-order valence-electron chi connectivity index (χ2n) is 6.08. The van der Waals surface area contributed by atoms with Gasteiger partial charge in [-0.25, -0.2) is 4.79 Å². The molecule has 1 N–H and O–H groups in total. The Morgan fingerprint density at radius 1 is 1.23 bits per heavy atom. The molecule has 22 heavy (non-hydrogen) atoms. The first-order valence-electron chi connectivity index (χ1n) is 8.04. The first kappa shape index (κ1) is 15.1. The molecule has 4 nitrogen and oxygen atoms in total. The molecule has 2 aliphatic heterocycles. The molecule has 3 rings (SSSR count). The molecule has 1 aromatic rings. The highest BCUT2D eigenvalue weighted by atomic mass is 16.7. The lowest BCUT2D eigenvalue weighted by Gasteiger charge is -2.27. The number of rotatable bonds is 5. The quantitative estimate of drug-likeness (QED) is 0.666. The fourth-order valence-corrected chi connectivity index (χ4v) is 3.20. The number of phenolic OH excluding ortho intramolecular Hbond substituents is 1. The summed E-state index contributed by atoms with van der Waals surface area (Å²) in [5.74, 6) is 0.328. The van der Waals surface area contributed by atoms with Crippen LogP contribution in [0.3, 0.4) is 0 Å². The van der Waals surface area contributed by atoms with E-state index in [2.05, 4.69) is 6.92 Å². The third-order valence-corrected chi connectivity index (χ3v) is 4.39. The van der Waals surface area contributed by atoms with Gasteiger partial charge in [-0.15, -0.1) is 0 Å². The molecule has 0 radical (unpaired) electrons. The summed E-state index contributed by atoms with van der Waals surface area (Å²) in [7, 11) is 0. The van der Waals surface area contributed by atoms with E-state index >= 15 is 0 Å². The molecule has 2 heterocycles. The van der Waals surface area contributed by atoms with Gasteiger partial charge >= 0.3 is 5.97 Å². The molecular formula is C18H22O4. The number of carbonyl (C=O) groups excluding carboxylic acids is 1. The predicted octanol–water partition coefficient (Wildman–Crippen LogP) is 3.65. The van der Waals surface area contributed by atoms with Crippen LogP contribution in [0.4, 0.5) is 0 Å². The Hall–Kier alpha value is -1.81. The largest absolute Gasteiger partial charge is 0.508 e. The average Bonchev–Trinajstić information content (AvgIpc) is 2.84. The molecule has 0 spiro atoms. The predicted molar refractivity (Wildman–Crippen MR) is 83.1 cm³/mol. The summed E-state index contributed by atoms with van der Waals surface area (Å²) in [4.78, 5) is 12.2. The third-order valence-electron chi connectivity index (χ3n) is 4.39. The molecule has 2 atom stereocenters. The van der Waals surface area contributed by atoms with E-state index in [1.165, 1.54) is 19.3 Å². The van der Waals surface area contributed by atoms with Crippen LogP contribution in [0.25, 0.3) is 5.57 Å². The molecule has 0 aliphatic carbocycles. The van der Waals surface area contributed by atoms with E-state index in [-0.39, 0.29) is 11.7 Å². The Bertz CT molecular complexity index is 573. The van der Waals surface area contributed by atoms with Crippen molar-refractivity contribution < 1.29 is 19.4 Å².